The Kier molecular flexibility index (Phi) is 4.61. The molecule has 27 heavy (non-hydrogen) atoms. The maximum absolute atomic E-state index is 12.4. The van der Waals surface area contributed by atoms with Crippen LogP contribution in [0.4, 0.5) is 0 Å². The summed E-state index contributed by atoms with van der Waals surface area (Å²) in [6, 6.07) is 9.88. The van der Waals surface area contributed by atoms with Gasteiger partial charge in [-0.1, -0.05) is 30.3 Å². The van der Waals surface area contributed by atoms with Gasteiger partial charge in [-0.3, -0.25) is 9.59 Å². The molecule has 0 bridgehead atoms. The molecule has 1 saturated heterocycles. The SMILES string of the molecule is CC(=O)NCC(=O)N1CC[C@]2(COCc3cnc(-c4ccccc4)nc32)C1. The molecular weight excluding hydrogens is 344 g/mol. The summed E-state index contributed by atoms with van der Waals surface area (Å²) in [6.07, 6.45) is 2.63. The van der Waals surface area contributed by atoms with Crippen molar-refractivity contribution in [2.45, 2.75) is 25.4 Å². The minimum absolute atomic E-state index is 0.0260. The van der Waals surface area contributed by atoms with Crippen molar-refractivity contribution in [2.75, 3.05) is 26.2 Å². The summed E-state index contributed by atoms with van der Waals surface area (Å²) in [5, 5.41) is 2.58. The first-order chi connectivity index (χ1) is 13.1. The van der Waals surface area contributed by atoms with E-state index in [2.05, 4.69) is 10.3 Å². The minimum atomic E-state index is -0.314. The molecule has 1 N–H and O–H groups in total. The van der Waals surface area contributed by atoms with Crippen molar-refractivity contribution in [1.29, 1.82) is 0 Å². The molecule has 4 rings (SSSR count). The second-order valence-electron chi connectivity index (χ2n) is 7.18. The number of amides is 2. The van der Waals surface area contributed by atoms with E-state index in [4.69, 9.17) is 9.72 Å². The van der Waals surface area contributed by atoms with E-state index in [9.17, 15) is 9.59 Å². The smallest absolute Gasteiger partial charge is 0.241 e. The van der Waals surface area contributed by atoms with E-state index in [1.807, 2.05) is 36.5 Å². The number of benzene rings is 1. The average Bonchev–Trinajstić information content (AvgIpc) is 3.12. The first kappa shape index (κ1) is 17.6. The lowest BCUT2D eigenvalue weighted by Gasteiger charge is -2.34. The standard InChI is InChI=1S/C20H22N4O3/c1-14(25)21-10-17(26)24-8-7-20(12-24)13-27-11-16-9-22-19(23-18(16)20)15-5-3-2-4-6-15/h2-6,9H,7-8,10-13H2,1H3,(H,21,25)/t20-/m1/s1. The molecule has 2 aliphatic rings. The Bertz CT molecular complexity index is 871. The summed E-state index contributed by atoms with van der Waals surface area (Å²) < 4.78 is 5.82. The van der Waals surface area contributed by atoms with E-state index in [0.717, 1.165) is 23.2 Å². The number of carbonyl (C=O) groups excluding carboxylic acids is 2. The Labute approximate surface area is 157 Å². The molecule has 2 aromatic rings. The van der Waals surface area contributed by atoms with E-state index in [-0.39, 0.29) is 23.8 Å². The highest BCUT2D eigenvalue weighted by Crippen LogP contribution is 2.39. The molecule has 1 atom stereocenters. The molecule has 7 nitrogen and oxygen atoms in total. The molecule has 1 spiro atoms. The number of aromatic nitrogens is 2. The Balaban J connectivity index is 1.61. The van der Waals surface area contributed by atoms with Crippen molar-refractivity contribution in [3.63, 3.8) is 0 Å². The molecule has 2 amide bonds. The van der Waals surface area contributed by atoms with Crippen molar-refractivity contribution in [3.8, 4) is 11.4 Å². The van der Waals surface area contributed by atoms with E-state index in [1.54, 1.807) is 4.90 Å². The summed E-state index contributed by atoms with van der Waals surface area (Å²) in [5.41, 5.74) is 2.62. The molecule has 0 aliphatic carbocycles. The maximum atomic E-state index is 12.4. The zero-order valence-corrected chi connectivity index (χ0v) is 15.3. The van der Waals surface area contributed by atoms with Crippen LogP contribution in [-0.4, -0.2) is 52.9 Å². The number of hydrogen-bond donors (Lipinski definition) is 1. The third kappa shape index (κ3) is 3.42. The third-order valence-corrected chi connectivity index (χ3v) is 5.23. The van der Waals surface area contributed by atoms with Crippen molar-refractivity contribution < 1.29 is 14.3 Å². The van der Waals surface area contributed by atoms with Gasteiger partial charge in [-0.05, 0) is 6.42 Å². The van der Waals surface area contributed by atoms with Gasteiger partial charge in [-0.15, -0.1) is 0 Å². The number of ether oxygens (including phenoxy) is 1. The van der Waals surface area contributed by atoms with Gasteiger partial charge in [0, 0.05) is 37.3 Å². The number of nitrogens with zero attached hydrogens (tertiary/aromatic N) is 3. The van der Waals surface area contributed by atoms with Crippen LogP contribution >= 0.6 is 0 Å². The molecule has 1 aromatic heterocycles. The van der Waals surface area contributed by atoms with Crippen molar-refractivity contribution in [1.82, 2.24) is 20.2 Å². The van der Waals surface area contributed by atoms with E-state index >= 15 is 0 Å². The van der Waals surface area contributed by atoms with Crippen LogP contribution in [0, 0.1) is 0 Å². The third-order valence-electron chi connectivity index (χ3n) is 5.23. The number of hydrogen-bond acceptors (Lipinski definition) is 5. The predicted molar refractivity (Wildman–Crippen MR) is 98.7 cm³/mol. The predicted octanol–water partition coefficient (Wildman–Crippen LogP) is 1.28. The van der Waals surface area contributed by atoms with Crippen molar-refractivity contribution >= 4 is 11.8 Å². The Morgan fingerprint density at radius 2 is 2.11 bits per heavy atom. The summed E-state index contributed by atoms with van der Waals surface area (Å²) >= 11 is 0. The van der Waals surface area contributed by atoms with E-state index in [1.165, 1.54) is 6.92 Å². The highest BCUT2D eigenvalue weighted by Gasteiger charge is 2.46. The van der Waals surface area contributed by atoms with Crippen LogP contribution < -0.4 is 5.32 Å². The van der Waals surface area contributed by atoms with Gasteiger partial charge < -0.3 is 15.0 Å². The van der Waals surface area contributed by atoms with Crippen LogP contribution in [0.25, 0.3) is 11.4 Å². The van der Waals surface area contributed by atoms with Gasteiger partial charge in [0.1, 0.15) is 0 Å². The molecule has 3 heterocycles. The molecule has 0 saturated carbocycles. The largest absolute Gasteiger partial charge is 0.376 e. The Hall–Kier alpha value is -2.80. The van der Waals surface area contributed by atoms with Crippen molar-refractivity contribution in [2.24, 2.45) is 0 Å². The zero-order chi connectivity index (χ0) is 18.9. The van der Waals surface area contributed by atoms with Crippen LogP contribution in [0.3, 0.4) is 0 Å². The number of carbonyl (C=O) groups is 2. The lowest BCUT2D eigenvalue weighted by Crippen LogP contribution is -2.44. The van der Waals surface area contributed by atoms with Gasteiger partial charge >= 0.3 is 0 Å². The van der Waals surface area contributed by atoms with E-state index in [0.29, 0.717) is 32.1 Å². The first-order valence-electron chi connectivity index (χ1n) is 9.09. The van der Waals surface area contributed by atoms with Gasteiger partial charge in [0.05, 0.1) is 30.9 Å². The van der Waals surface area contributed by atoms with Gasteiger partial charge in [-0.2, -0.15) is 0 Å². The van der Waals surface area contributed by atoms with Gasteiger partial charge in [-0.25, -0.2) is 9.97 Å². The Morgan fingerprint density at radius 1 is 1.30 bits per heavy atom. The summed E-state index contributed by atoms with van der Waals surface area (Å²) in [5.74, 6) is 0.411. The molecule has 1 fully saturated rings. The van der Waals surface area contributed by atoms with Gasteiger partial charge in [0.15, 0.2) is 5.82 Å². The van der Waals surface area contributed by atoms with Crippen LogP contribution in [0.2, 0.25) is 0 Å². The molecule has 2 aliphatic heterocycles. The number of likely N-dealkylation sites (tertiary alicyclic amines) is 1. The molecule has 7 heteroatoms. The fraction of sp³-hybridized carbons (Fsp3) is 0.400. The Morgan fingerprint density at radius 3 is 2.89 bits per heavy atom. The average molecular weight is 366 g/mol. The number of rotatable bonds is 3. The molecule has 0 unspecified atom stereocenters. The number of fused-ring (bicyclic) bond motifs is 2. The maximum Gasteiger partial charge on any atom is 0.241 e. The molecule has 1 aromatic carbocycles. The quantitative estimate of drug-likeness (QED) is 0.885. The second-order valence-corrected chi connectivity index (χ2v) is 7.18. The molecule has 0 radical (unpaired) electrons. The van der Waals surface area contributed by atoms with Crippen LogP contribution in [0.5, 0.6) is 0 Å². The second kappa shape index (κ2) is 7.08. The number of nitrogens with one attached hydrogen (secondary N) is 1. The van der Waals surface area contributed by atoms with Crippen LogP contribution in [-0.2, 0) is 26.3 Å². The van der Waals surface area contributed by atoms with Crippen molar-refractivity contribution in [3.05, 3.63) is 47.8 Å². The minimum Gasteiger partial charge on any atom is -0.376 e. The van der Waals surface area contributed by atoms with Gasteiger partial charge in [0.25, 0.3) is 0 Å². The fourth-order valence-corrected chi connectivity index (χ4v) is 3.83. The van der Waals surface area contributed by atoms with Crippen LogP contribution in [0.15, 0.2) is 36.5 Å². The zero-order valence-electron chi connectivity index (χ0n) is 15.3. The molecule has 140 valence electrons. The normalized spacial score (nSPS) is 21.1. The fourth-order valence-electron chi connectivity index (χ4n) is 3.83. The summed E-state index contributed by atoms with van der Waals surface area (Å²) in [6.45, 7) is 3.64. The topological polar surface area (TPSA) is 84.4 Å². The lowest BCUT2D eigenvalue weighted by molar-refractivity contribution is -0.131. The molecular formula is C20H22N4O3. The monoisotopic (exact) mass is 366 g/mol. The highest BCUT2D eigenvalue weighted by atomic mass is 16.5. The lowest BCUT2D eigenvalue weighted by atomic mass is 9.80. The van der Waals surface area contributed by atoms with E-state index < -0.39 is 0 Å². The summed E-state index contributed by atoms with van der Waals surface area (Å²) in [4.78, 5) is 34.7. The highest BCUT2D eigenvalue weighted by molar-refractivity contribution is 5.84. The summed E-state index contributed by atoms with van der Waals surface area (Å²) in [7, 11) is 0. The first-order valence-corrected chi connectivity index (χ1v) is 9.09. The van der Waals surface area contributed by atoms with Gasteiger partial charge in [0.2, 0.25) is 11.8 Å². The van der Waals surface area contributed by atoms with Crippen LogP contribution in [0.1, 0.15) is 24.6 Å².